The molecule has 0 aliphatic heterocycles. The molecular formula is C28H28F4N4O4. The number of fused-ring (bicyclic) bond motifs is 3. The highest BCUT2D eigenvalue weighted by Gasteiger charge is 2.32. The molecule has 0 radical (unpaired) electrons. The van der Waals surface area contributed by atoms with Gasteiger partial charge in [-0.25, -0.2) is 14.2 Å². The standard InChI is InChI=1S/C28H28F4N4O4/c1-17(16-39-11-3-2-9-33-14-18-4-7-25(23(29)12-18)40-28(30,31)32)35-26-21-8-10-34-15-22(21)20-6-5-19(27(37)38)13-24(20)36-26/h4-8,10,12-13,15,17,33H,2-3,9,11,14,16H2,1H3,(H,35,36)(H,37,38)/t17-/m1/s1. The van der Waals surface area contributed by atoms with Crippen LogP contribution in [0.3, 0.4) is 0 Å². The minimum absolute atomic E-state index is 0.0821. The van der Waals surface area contributed by atoms with Crippen molar-refractivity contribution in [3.05, 3.63) is 71.8 Å². The minimum Gasteiger partial charge on any atom is -0.478 e. The maximum absolute atomic E-state index is 13.8. The maximum atomic E-state index is 13.8. The van der Waals surface area contributed by atoms with Crippen molar-refractivity contribution in [1.29, 1.82) is 0 Å². The van der Waals surface area contributed by atoms with E-state index < -0.39 is 23.9 Å². The number of halogens is 4. The first kappa shape index (κ1) is 29.0. The molecule has 0 aliphatic rings. The van der Waals surface area contributed by atoms with Crippen LogP contribution < -0.4 is 15.4 Å². The number of carboxylic acids is 1. The number of aromatic carboxylic acids is 1. The fourth-order valence-electron chi connectivity index (χ4n) is 4.17. The third kappa shape index (κ3) is 7.76. The van der Waals surface area contributed by atoms with E-state index in [1.54, 1.807) is 30.6 Å². The lowest BCUT2D eigenvalue weighted by Crippen LogP contribution is -2.23. The van der Waals surface area contributed by atoms with Crippen molar-refractivity contribution in [2.24, 2.45) is 0 Å². The molecule has 0 bridgehead atoms. The van der Waals surface area contributed by atoms with Gasteiger partial charge in [-0.3, -0.25) is 4.98 Å². The Bertz CT molecular complexity index is 1480. The van der Waals surface area contributed by atoms with E-state index in [4.69, 9.17) is 4.74 Å². The highest BCUT2D eigenvalue weighted by molar-refractivity contribution is 6.10. The van der Waals surface area contributed by atoms with Gasteiger partial charge in [0.15, 0.2) is 11.6 Å². The molecule has 0 saturated heterocycles. The first-order chi connectivity index (χ1) is 19.1. The van der Waals surface area contributed by atoms with E-state index in [1.807, 2.05) is 13.0 Å². The van der Waals surface area contributed by atoms with Crippen LogP contribution in [0.2, 0.25) is 0 Å². The summed E-state index contributed by atoms with van der Waals surface area (Å²) in [4.78, 5) is 20.3. The van der Waals surface area contributed by atoms with E-state index >= 15 is 0 Å². The second-order valence-electron chi connectivity index (χ2n) is 9.24. The summed E-state index contributed by atoms with van der Waals surface area (Å²) in [6.45, 7) is 3.82. The van der Waals surface area contributed by atoms with Gasteiger partial charge in [-0.05, 0) is 62.2 Å². The van der Waals surface area contributed by atoms with Crippen LogP contribution in [0.1, 0.15) is 35.7 Å². The summed E-state index contributed by atoms with van der Waals surface area (Å²) in [7, 11) is 0. The van der Waals surface area contributed by atoms with Gasteiger partial charge in [0.1, 0.15) is 5.82 Å². The molecule has 4 aromatic rings. The van der Waals surface area contributed by atoms with Crippen molar-refractivity contribution in [1.82, 2.24) is 15.3 Å². The monoisotopic (exact) mass is 560 g/mol. The average molecular weight is 561 g/mol. The molecule has 0 fully saturated rings. The smallest absolute Gasteiger partial charge is 0.478 e. The normalized spacial score (nSPS) is 12.5. The molecule has 2 heterocycles. The molecule has 3 N–H and O–H groups in total. The summed E-state index contributed by atoms with van der Waals surface area (Å²) >= 11 is 0. The molecule has 12 heteroatoms. The minimum atomic E-state index is -4.94. The Labute approximate surface area is 227 Å². The van der Waals surface area contributed by atoms with E-state index in [-0.39, 0.29) is 11.6 Å². The van der Waals surface area contributed by atoms with Crippen molar-refractivity contribution in [2.75, 3.05) is 25.1 Å². The second-order valence-corrected chi connectivity index (χ2v) is 9.24. The number of aromatic nitrogens is 2. The number of alkyl halides is 3. The van der Waals surface area contributed by atoms with Gasteiger partial charge >= 0.3 is 12.3 Å². The Kier molecular flexibility index (Phi) is 9.33. The topological polar surface area (TPSA) is 106 Å². The predicted molar refractivity (Wildman–Crippen MR) is 142 cm³/mol. The third-order valence-corrected chi connectivity index (χ3v) is 6.04. The van der Waals surface area contributed by atoms with Crippen LogP contribution in [0.4, 0.5) is 23.4 Å². The molecule has 8 nitrogen and oxygen atoms in total. The lowest BCUT2D eigenvalue weighted by atomic mass is 10.1. The van der Waals surface area contributed by atoms with Gasteiger partial charge in [-0.1, -0.05) is 12.1 Å². The molecule has 4 rings (SSSR count). The summed E-state index contributed by atoms with van der Waals surface area (Å²) < 4.78 is 59.9. The summed E-state index contributed by atoms with van der Waals surface area (Å²) in [6.07, 6.45) is 0.0240. The number of nitrogens with zero attached hydrogens (tertiary/aromatic N) is 2. The van der Waals surface area contributed by atoms with Gasteiger partial charge in [0, 0.05) is 47.7 Å². The largest absolute Gasteiger partial charge is 0.573 e. The van der Waals surface area contributed by atoms with Crippen LogP contribution in [-0.2, 0) is 11.3 Å². The summed E-state index contributed by atoms with van der Waals surface area (Å²) in [5.74, 6) is -2.33. The highest BCUT2D eigenvalue weighted by Crippen LogP contribution is 2.30. The third-order valence-electron chi connectivity index (χ3n) is 6.04. The zero-order valence-electron chi connectivity index (χ0n) is 21.6. The molecule has 0 aliphatic carbocycles. The molecule has 0 unspecified atom stereocenters. The number of unbranched alkanes of at least 4 members (excludes halogenated alkanes) is 1. The SMILES string of the molecule is C[C@H](COCCCCNCc1ccc(OC(F)(F)F)c(F)c1)Nc1nc2cc(C(=O)O)ccc2c2cnccc12. The first-order valence-corrected chi connectivity index (χ1v) is 12.6. The van der Waals surface area contributed by atoms with Crippen molar-refractivity contribution in [3.8, 4) is 5.75 Å². The number of carbonyl (C=O) groups is 1. The molecule has 212 valence electrons. The van der Waals surface area contributed by atoms with Crippen LogP contribution in [0.25, 0.3) is 21.7 Å². The molecule has 2 aromatic carbocycles. The Balaban J connectivity index is 1.20. The Morgan fingerprint density at radius 3 is 2.65 bits per heavy atom. The number of nitrogens with one attached hydrogen (secondary N) is 2. The van der Waals surface area contributed by atoms with Gasteiger partial charge in [0.2, 0.25) is 0 Å². The van der Waals surface area contributed by atoms with Crippen molar-refractivity contribution >= 4 is 33.5 Å². The van der Waals surface area contributed by atoms with E-state index in [0.29, 0.717) is 43.2 Å². The van der Waals surface area contributed by atoms with Gasteiger partial charge in [0.05, 0.1) is 17.7 Å². The number of rotatable bonds is 13. The molecule has 0 spiro atoms. The Hall–Kier alpha value is -4.03. The number of hydrogen-bond donors (Lipinski definition) is 3. The number of pyridine rings is 2. The van der Waals surface area contributed by atoms with E-state index in [2.05, 4.69) is 25.3 Å². The zero-order chi connectivity index (χ0) is 28.7. The number of hydrogen-bond acceptors (Lipinski definition) is 7. The molecule has 2 aromatic heterocycles. The zero-order valence-corrected chi connectivity index (χ0v) is 21.6. The van der Waals surface area contributed by atoms with E-state index in [1.165, 1.54) is 6.07 Å². The number of benzene rings is 2. The molecule has 40 heavy (non-hydrogen) atoms. The Morgan fingerprint density at radius 2 is 1.90 bits per heavy atom. The van der Waals surface area contributed by atoms with Crippen molar-refractivity contribution < 1.29 is 36.9 Å². The van der Waals surface area contributed by atoms with Crippen LogP contribution in [-0.4, -0.2) is 53.2 Å². The molecule has 0 amide bonds. The number of ether oxygens (including phenoxy) is 2. The maximum Gasteiger partial charge on any atom is 0.573 e. The quantitative estimate of drug-likeness (QED) is 0.105. The van der Waals surface area contributed by atoms with Crippen LogP contribution in [0.5, 0.6) is 5.75 Å². The fraction of sp³-hybridized carbons (Fsp3) is 0.321. The van der Waals surface area contributed by atoms with Gasteiger partial charge < -0.3 is 25.2 Å². The van der Waals surface area contributed by atoms with Crippen molar-refractivity contribution in [3.63, 3.8) is 0 Å². The number of anilines is 1. The lowest BCUT2D eigenvalue weighted by Gasteiger charge is -2.17. The predicted octanol–water partition coefficient (Wildman–Crippen LogP) is 5.91. The molecule has 0 saturated carbocycles. The highest BCUT2D eigenvalue weighted by atomic mass is 19.4. The summed E-state index contributed by atoms with van der Waals surface area (Å²) in [6, 6.07) is 9.96. The van der Waals surface area contributed by atoms with Crippen LogP contribution in [0, 0.1) is 5.82 Å². The second kappa shape index (κ2) is 12.9. The van der Waals surface area contributed by atoms with Gasteiger partial charge in [0.25, 0.3) is 0 Å². The van der Waals surface area contributed by atoms with E-state index in [9.17, 15) is 27.5 Å². The van der Waals surface area contributed by atoms with Gasteiger partial charge in [-0.2, -0.15) is 0 Å². The van der Waals surface area contributed by atoms with E-state index in [0.717, 1.165) is 41.1 Å². The van der Waals surface area contributed by atoms with Crippen molar-refractivity contribution in [2.45, 2.75) is 38.7 Å². The van der Waals surface area contributed by atoms with Gasteiger partial charge in [-0.15, -0.1) is 13.2 Å². The Morgan fingerprint density at radius 1 is 1.07 bits per heavy atom. The molecule has 1 atom stereocenters. The van der Waals surface area contributed by atoms with Crippen LogP contribution >= 0.6 is 0 Å². The average Bonchev–Trinajstić information content (AvgIpc) is 2.90. The lowest BCUT2D eigenvalue weighted by molar-refractivity contribution is -0.275. The fourth-order valence-corrected chi connectivity index (χ4v) is 4.17. The number of carboxylic acid groups (broad SMARTS) is 1. The summed E-state index contributed by atoms with van der Waals surface area (Å²) in [5, 5.41) is 18.4. The van der Waals surface area contributed by atoms with Crippen LogP contribution in [0.15, 0.2) is 54.9 Å². The summed E-state index contributed by atoms with van der Waals surface area (Å²) in [5.41, 5.74) is 1.21. The molecular weight excluding hydrogens is 532 g/mol. The first-order valence-electron chi connectivity index (χ1n) is 12.6.